The number of benzene rings is 2. The van der Waals surface area contributed by atoms with Crippen LogP contribution in [0.5, 0.6) is 0 Å². The summed E-state index contributed by atoms with van der Waals surface area (Å²) in [6.07, 6.45) is 3.87. The van der Waals surface area contributed by atoms with Crippen molar-refractivity contribution in [2.75, 3.05) is 27.2 Å². The van der Waals surface area contributed by atoms with Crippen LogP contribution < -0.4 is 10.6 Å². The fourth-order valence-electron chi connectivity index (χ4n) is 6.51. The van der Waals surface area contributed by atoms with Gasteiger partial charge >= 0.3 is 11.9 Å². The van der Waals surface area contributed by atoms with E-state index in [1.165, 1.54) is 11.0 Å². The summed E-state index contributed by atoms with van der Waals surface area (Å²) in [5.41, 5.74) is 2.93. The largest absolute Gasteiger partial charge is 0.460 e. The quantitative estimate of drug-likeness (QED) is 0.206. The Bertz CT molecular complexity index is 1720. The van der Waals surface area contributed by atoms with Gasteiger partial charge in [-0.2, -0.15) is 0 Å². The second-order valence-electron chi connectivity index (χ2n) is 14.8. The molecule has 0 unspecified atom stereocenters. The molecule has 0 aromatic heterocycles. The lowest BCUT2D eigenvalue weighted by Crippen LogP contribution is -2.44. The fraction of sp³-hybridized carbons (Fsp3) is 0.475. The van der Waals surface area contributed by atoms with Crippen LogP contribution in [-0.2, 0) is 51.0 Å². The van der Waals surface area contributed by atoms with Gasteiger partial charge in [0.05, 0.1) is 18.2 Å². The monoisotopic (exact) mass is 731 g/mol. The lowest BCUT2D eigenvalue weighted by atomic mass is 9.91. The Morgan fingerprint density at radius 3 is 2.30 bits per heavy atom. The number of rotatable bonds is 13. The van der Waals surface area contributed by atoms with Gasteiger partial charge in [-0.3, -0.25) is 19.2 Å². The Kier molecular flexibility index (Phi) is 12.5. The van der Waals surface area contributed by atoms with Gasteiger partial charge in [-0.25, -0.2) is 4.79 Å². The number of amides is 3. The number of aliphatic hydroxyl groups excluding tert-OH is 1. The third-order valence-electron chi connectivity index (χ3n) is 9.11. The maximum Gasteiger partial charge on any atom is 0.338 e. The van der Waals surface area contributed by atoms with Crippen LogP contribution in [0.4, 0.5) is 0 Å². The van der Waals surface area contributed by atoms with Gasteiger partial charge < -0.3 is 39.6 Å². The van der Waals surface area contributed by atoms with E-state index < -0.39 is 59.5 Å². The van der Waals surface area contributed by atoms with Gasteiger partial charge in [0.15, 0.2) is 5.79 Å². The summed E-state index contributed by atoms with van der Waals surface area (Å²) in [5.74, 6) is -3.00. The Balaban J connectivity index is 1.21. The number of aliphatic hydroxyl groups is 1. The first-order valence-corrected chi connectivity index (χ1v) is 17.9. The second kappa shape index (κ2) is 16.9. The SMILES string of the molecule is CN(C)C(=O)C=Cc1ccc(C(=O)O[C@@H]2CC(C(=O)NCCC(=O)N[C@H](CO)CCC(=O)OC(C)(C)C)=C[C@H]3OC4(Cc5ccccc5C4)O[C@H]32)cc1. The van der Waals surface area contributed by atoms with Crippen LogP contribution in [0.1, 0.15) is 73.5 Å². The molecule has 1 aliphatic heterocycles. The molecule has 0 saturated carbocycles. The van der Waals surface area contributed by atoms with Gasteiger partial charge in [-0.15, -0.1) is 0 Å². The molecule has 13 nitrogen and oxygen atoms in total. The van der Waals surface area contributed by atoms with Crippen molar-refractivity contribution in [3.8, 4) is 0 Å². The average molecular weight is 732 g/mol. The highest BCUT2D eigenvalue weighted by Gasteiger charge is 2.55. The van der Waals surface area contributed by atoms with Gasteiger partial charge in [-0.1, -0.05) is 36.4 Å². The summed E-state index contributed by atoms with van der Waals surface area (Å²) in [4.78, 5) is 64.9. The number of hydrogen-bond donors (Lipinski definition) is 3. The molecule has 3 aliphatic rings. The van der Waals surface area contributed by atoms with Crippen molar-refractivity contribution in [3.63, 3.8) is 0 Å². The standard InChI is InChI=1S/C40H49N3O10/c1-39(2,3)52-35(47)17-15-30(24-44)42-33(45)18-19-41-37(48)29-20-31(50-38(49)26-13-10-25(11-14-26)12-16-34(46)43(4)5)36-32(21-29)51-40(53-36)22-27-8-6-7-9-28(27)23-40/h6-14,16,21,30-32,36,44H,15,17-20,22-24H2,1-5H3,(H,41,48)(H,42,45)/t30-,31+,32+,36-/m0/s1. The van der Waals surface area contributed by atoms with Crippen LogP contribution in [0.15, 0.2) is 66.3 Å². The molecule has 1 spiro atoms. The summed E-state index contributed by atoms with van der Waals surface area (Å²) in [7, 11) is 3.32. The number of esters is 2. The number of nitrogens with zero attached hydrogens (tertiary/aromatic N) is 1. The lowest BCUT2D eigenvalue weighted by molar-refractivity contribution is -0.172. The molecule has 2 aromatic rings. The van der Waals surface area contributed by atoms with E-state index in [2.05, 4.69) is 10.6 Å². The highest BCUT2D eigenvalue weighted by molar-refractivity contribution is 5.95. The van der Waals surface area contributed by atoms with Gasteiger partial charge in [0.25, 0.3) is 0 Å². The van der Waals surface area contributed by atoms with Crippen molar-refractivity contribution < 1.29 is 48.0 Å². The molecular weight excluding hydrogens is 682 g/mol. The Morgan fingerprint density at radius 2 is 1.68 bits per heavy atom. The van der Waals surface area contributed by atoms with E-state index in [1.807, 2.05) is 24.3 Å². The first-order valence-electron chi connectivity index (χ1n) is 17.9. The average Bonchev–Trinajstić information content (AvgIpc) is 3.66. The number of carbonyl (C=O) groups is 5. The van der Waals surface area contributed by atoms with Gasteiger partial charge in [0.2, 0.25) is 17.7 Å². The first kappa shape index (κ1) is 39.4. The number of ether oxygens (including phenoxy) is 4. The molecule has 3 N–H and O–H groups in total. The van der Waals surface area contributed by atoms with Crippen LogP contribution in [0, 0.1) is 0 Å². The molecule has 0 radical (unpaired) electrons. The molecule has 1 saturated heterocycles. The summed E-state index contributed by atoms with van der Waals surface area (Å²) < 4.78 is 24.4. The number of hydrogen-bond acceptors (Lipinski definition) is 10. The Morgan fingerprint density at radius 1 is 1.00 bits per heavy atom. The number of likely N-dealkylation sites (N-methyl/N-ethyl adjacent to an activating group) is 1. The summed E-state index contributed by atoms with van der Waals surface area (Å²) in [6.45, 7) is 4.93. The molecule has 1 fully saturated rings. The predicted octanol–water partition coefficient (Wildman–Crippen LogP) is 3.03. The smallest absolute Gasteiger partial charge is 0.338 e. The van der Waals surface area contributed by atoms with Gasteiger partial charge in [0, 0.05) is 64.4 Å². The van der Waals surface area contributed by atoms with Gasteiger partial charge in [0.1, 0.15) is 23.9 Å². The van der Waals surface area contributed by atoms with Crippen molar-refractivity contribution in [2.45, 2.75) is 95.0 Å². The zero-order valence-electron chi connectivity index (χ0n) is 30.9. The van der Waals surface area contributed by atoms with Crippen molar-refractivity contribution >= 4 is 35.7 Å². The molecule has 53 heavy (non-hydrogen) atoms. The van der Waals surface area contributed by atoms with E-state index in [0.29, 0.717) is 24.0 Å². The maximum absolute atomic E-state index is 13.4. The van der Waals surface area contributed by atoms with E-state index in [0.717, 1.165) is 16.7 Å². The molecule has 1 heterocycles. The van der Waals surface area contributed by atoms with Crippen molar-refractivity contribution in [3.05, 3.63) is 88.5 Å². The summed E-state index contributed by atoms with van der Waals surface area (Å²) >= 11 is 0. The van der Waals surface area contributed by atoms with E-state index in [-0.39, 0.29) is 44.7 Å². The summed E-state index contributed by atoms with van der Waals surface area (Å²) in [5, 5.41) is 15.2. The third kappa shape index (κ3) is 10.6. The highest BCUT2D eigenvalue weighted by atomic mass is 16.8. The molecule has 0 bridgehead atoms. The van der Waals surface area contributed by atoms with E-state index in [4.69, 9.17) is 18.9 Å². The minimum absolute atomic E-state index is 0.00229. The number of fused-ring (bicyclic) bond motifs is 2. The molecule has 3 amide bonds. The van der Waals surface area contributed by atoms with Crippen LogP contribution in [0.25, 0.3) is 6.08 Å². The van der Waals surface area contributed by atoms with Crippen molar-refractivity contribution in [1.29, 1.82) is 0 Å². The topological polar surface area (TPSA) is 170 Å². The van der Waals surface area contributed by atoms with Crippen LogP contribution in [0.2, 0.25) is 0 Å². The minimum atomic E-state index is -0.963. The fourth-order valence-corrected chi connectivity index (χ4v) is 6.51. The van der Waals surface area contributed by atoms with Crippen molar-refractivity contribution in [2.24, 2.45) is 0 Å². The molecule has 4 atom stereocenters. The summed E-state index contributed by atoms with van der Waals surface area (Å²) in [6, 6.07) is 14.0. The third-order valence-corrected chi connectivity index (χ3v) is 9.11. The molecule has 284 valence electrons. The van der Waals surface area contributed by atoms with Crippen molar-refractivity contribution in [1.82, 2.24) is 15.5 Å². The van der Waals surface area contributed by atoms with E-state index in [9.17, 15) is 29.1 Å². The van der Waals surface area contributed by atoms with Crippen LogP contribution in [0.3, 0.4) is 0 Å². The predicted molar refractivity (Wildman–Crippen MR) is 194 cm³/mol. The molecule has 5 rings (SSSR count). The highest BCUT2D eigenvalue weighted by Crippen LogP contribution is 2.45. The molecule has 2 aromatic carbocycles. The minimum Gasteiger partial charge on any atom is -0.460 e. The zero-order chi connectivity index (χ0) is 38.3. The zero-order valence-corrected chi connectivity index (χ0v) is 30.9. The number of nitrogens with one attached hydrogen (secondary N) is 2. The van der Waals surface area contributed by atoms with E-state index >= 15 is 0 Å². The number of carbonyl (C=O) groups excluding carboxylic acids is 5. The van der Waals surface area contributed by atoms with Crippen LogP contribution in [-0.4, -0.2) is 103 Å². The second-order valence-corrected chi connectivity index (χ2v) is 14.8. The van der Waals surface area contributed by atoms with Crippen LogP contribution >= 0.6 is 0 Å². The van der Waals surface area contributed by atoms with Gasteiger partial charge in [-0.05, 0) is 68.2 Å². The molecule has 2 aliphatic carbocycles. The Hall–Kier alpha value is -4.85. The maximum atomic E-state index is 13.4. The first-order chi connectivity index (χ1) is 25.1. The molecular formula is C40H49N3O10. The normalized spacial score (nSPS) is 20.6. The molecule has 13 heteroatoms. The lowest BCUT2D eigenvalue weighted by Gasteiger charge is -2.30. The van der Waals surface area contributed by atoms with E-state index in [1.54, 1.807) is 71.3 Å². The Labute approximate surface area is 309 Å².